The Morgan fingerprint density at radius 2 is 1.45 bits per heavy atom. The van der Waals surface area contributed by atoms with Crippen molar-refractivity contribution < 1.29 is 41.9 Å². The van der Waals surface area contributed by atoms with E-state index in [1.54, 1.807) is 0 Å². The molecule has 0 fully saturated rings. The van der Waals surface area contributed by atoms with E-state index in [0.717, 1.165) is 12.8 Å². The second-order valence-corrected chi connectivity index (χ2v) is 6.43. The van der Waals surface area contributed by atoms with Crippen molar-refractivity contribution in [3.05, 3.63) is 12.2 Å². The topological polar surface area (TPSA) is 69.7 Å². The molecule has 0 saturated carbocycles. The van der Waals surface area contributed by atoms with Gasteiger partial charge in [-0.1, -0.05) is 64.9 Å². The van der Waals surface area contributed by atoms with Crippen LogP contribution in [0.2, 0.25) is 0 Å². The third-order valence-electron chi connectivity index (χ3n) is 3.00. The monoisotopic (exact) mass is 328 g/mol. The predicted octanol–water partition coefficient (Wildman–Crippen LogP) is 1.01. The molecule has 0 aromatic carbocycles. The molecule has 0 aliphatic carbocycles. The van der Waals surface area contributed by atoms with Gasteiger partial charge in [0.2, 0.25) is 0 Å². The molecule has 22 heavy (non-hydrogen) atoms. The molecule has 0 aromatic rings. The fourth-order valence-electron chi connectivity index (χ4n) is 1.76. The Kier molecular flexibility index (Phi) is 15.6. The van der Waals surface area contributed by atoms with Crippen LogP contribution in [-0.4, -0.2) is 21.0 Å². The summed E-state index contributed by atoms with van der Waals surface area (Å²) in [6.45, 7) is 6.91. The number of hydrogen-bond donors (Lipinski definition) is 0. The minimum absolute atomic E-state index is 0. The van der Waals surface area contributed by atoms with Gasteiger partial charge in [-0.15, -0.1) is 0 Å². The fourth-order valence-corrected chi connectivity index (χ4v) is 2.46. The molecular formula is C15H29LiO5S. The van der Waals surface area contributed by atoms with E-state index < -0.39 is 16.4 Å². The molecule has 7 heteroatoms. The number of hydrogen-bond acceptors (Lipinski definition) is 5. The zero-order chi connectivity index (χ0) is 16.1. The normalized spacial score (nSPS) is 10.8. The number of carbonyl (C=O) groups excluding carboxylic acids is 1. The van der Waals surface area contributed by atoms with Gasteiger partial charge in [0.05, 0.1) is 6.61 Å². The molecule has 0 rings (SSSR count). The smallest absolute Gasteiger partial charge is 1.00 e. The molecule has 126 valence electrons. The first-order valence-electron chi connectivity index (χ1n) is 7.67. The van der Waals surface area contributed by atoms with Crippen molar-refractivity contribution in [1.29, 1.82) is 0 Å². The Morgan fingerprint density at radius 3 is 1.91 bits per heavy atom. The Balaban J connectivity index is -0.00000200. The van der Waals surface area contributed by atoms with Gasteiger partial charge in [-0.3, -0.25) is 0 Å². The Bertz CT molecular complexity index is 412. The first-order valence-corrected chi connectivity index (χ1v) is 9.01. The largest absolute Gasteiger partial charge is 1.00 e. The van der Waals surface area contributed by atoms with Crippen LogP contribution < -0.4 is 18.9 Å². The first kappa shape index (κ1) is 24.0. The number of rotatable bonds is 13. The molecule has 0 aliphatic heterocycles. The quantitative estimate of drug-likeness (QED) is 0.287. The zero-order valence-electron chi connectivity index (χ0n) is 15.2. The summed E-state index contributed by atoms with van der Waals surface area (Å²) < 4.78 is 31.3. The van der Waals surface area contributed by atoms with E-state index in [0.29, 0.717) is 6.42 Å². The van der Waals surface area contributed by atoms with E-state index in [-0.39, 0.29) is 32.5 Å². The van der Waals surface area contributed by atoms with Crippen molar-refractivity contribution in [3.8, 4) is 0 Å². The SMILES string of the molecule is C=C(C)C(=O)OS(=O)(=O)OCCCCCCCCCCC.[H-].[Li+]. The molecule has 0 heterocycles. The van der Waals surface area contributed by atoms with Crippen LogP contribution in [0.15, 0.2) is 12.2 Å². The summed E-state index contributed by atoms with van der Waals surface area (Å²) in [5, 5.41) is 0. The molecule has 0 unspecified atom stereocenters. The molecule has 5 nitrogen and oxygen atoms in total. The van der Waals surface area contributed by atoms with Gasteiger partial charge in [0, 0.05) is 5.57 Å². The summed E-state index contributed by atoms with van der Waals surface area (Å²) in [5.74, 6) is -0.984. The van der Waals surface area contributed by atoms with Gasteiger partial charge in [0.15, 0.2) is 0 Å². The summed E-state index contributed by atoms with van der Waals surface area (Å²) in [6.07, 6.45) is 10.1. The second kappa shape index (κ2) is 14.3. The molecule has 0 atom stereocenters. The van der Waals surface area contributed by atoms with E-state index in [4.69, 9.17) is 0 Å². The van der Waals surface area contributed by atoms with E-state index in [2.05, 4.69) is 21.9 Å². The third kappa shape index (κ3) is 14.6. The van der Waals surface area contributed by atoms with Gasteiger partial charge in [-0.2, -0.15) is 8.42 Å². The van der Waals surface area contributed by atoms with Crippen molar-refractivity contribution in [2.45, 2.75) is 71.6 Å². The molecular weight excluding hydrogens is 299 g/mol. The summed E-state index contributed by atoms with van der Waals surface area (Å²) in [4.78, 5) is 11.1. The average molecular weight is 328 g/mol. The van der Waals surface area contributed by atoms with Crippen LogP contribution in [0, 0.1) is 0 Å². The van der Waals surface area contributed by atoms with Crippen molar-refractivity contribution in [2.24, 2.45) is 0 Å². The molecule has 0 radical (unpaired) electrons. The molecule has 0 spiro atoms. The molecule has 0 saturated heterocycles. The van der Waals surface area contributed by atoms with Gasteiger partial charge in [0.1, 0.15) is 0 Å². The van der Waals surface area contributed by atoms with E-state index in [1.807, 2.05) is 0 Å². The maximum atomic E-state index is 11.3. The summed E-state index contributed by atoms with van der Waals surface area (Å²) >= 11 is 0. The molecule has 0 amide bonds. The Labute approximate surface area is 148 Å². The van der Waals surface area contributed by atoms with Crippen LogP contribution in [0.3, 0.4) is 0 Å². The van der Waals surface area contributed by atoms with Crippen LogP contribution in [0.25, 0.3) is 0 Å². The van der Waals surface area contributed by atoms with E-state index in [1.165, 1.54) is 45.4 Å². The van der Waals surface area contributed by atoms with Gasteiger partial charge < -0.3 is 5.61 Å². The standard InChI is InChI=1S/C15H28O5S.Li.H/c1-4-5-6-7-8-9-10-11-12-13-19-21(17,18)20-15(16)14(2)3;;/h2,4-13H2,1,3H3;;/q;+1;-1. The van der Waals surface area contributed by atoms with Crippen LogP contribution in [0.1, 0.15) is 73.1 Å². The fraction of sp³-hybridized carbons (Fsp3) is 0.800. The second-order valence-electron chi connectivity index (χ2n) is 5.21. The summed E-state index contributed by atoms with van der Waals surface area (Å²) in [7, 11) is -4.24. The van der Waals surface area contributed by atoms with E-state index >= 15 is 0 Å². The van der Waals surface area contributed by atoms with Crippen LogP contribution >= 0.6 is 0 Å². The zero-order valence-corrected chi connectivity index (χ0v) is 15.0. The summed E-state index contributed by atoms with van der Waals surface area (Å²) in [6, 6.07) is 0. The maximum Gasteiger partial charge on any atom is 1.00 e. The van der Waals surface area contributed by atoms with Crippen LogP contribution in [0.4, 0.5) is 0 Å². The number of carbonyl (C=O) groups is 1. The minimum atomic E-state index is -4.24. The third-order valence-corrected chi connectivity index (χ3v) is 3.81. The van der Waals surface area contributed by atoms with E-state index in [9.17, 15) is 13.2 Å². The van der Waals surface area contributed by atoms with Crippen LogP contribution in [0.5, 0.6) is 0 Å². The number of unbranched alkanes of at least 4 members (excludes halogenated alkanes) is 8. The average Bonchev–Trinajstić information content (AvgIpc) is 2.40. The van der Waals surface area contributed by atoms with Gasteiger partial charge in [-0.05, 0) is 13.3 Å². The molecule has 0 bridgehead atoms. The van der Waals surface area contributed by atoms with Crippen molar-refractivity contribution >= 4 is 16.4 Å². The van der Waals surface area contributed by atoms with Crippen molar-refractivity contribution in [3.63, 3.8) is 0 Å². The van der Waals surface area contributed by atoms with Crippen LogP contribution in [-0.2, 0) is 23.6 Å². The van der Waals surface area contributed by atoms with Crippen molar-refractivity contribution in [1.82, 2.24) is 0 Å². The van der Waals surface area contributed by atoms with Crippen molar-refractivity contribution in [2.75, 3.05) is 6.61 Å². The predicted molar refractivity (Wildman–Crippen MR) is 84.1 cm³/mol. The molecule has 0 aliphatic rings. The molecule has 0 N–H and O–H groups in total. The first-order chi connectivity index (χ1) is 9.89. The maximum absolute atomic E-state index is 11.3. The molecule has 0 aromatic heterocycles. The Hall–Kier alpha value is -0.283. The van der Waals surface area contributed by atoms with Gasteiger partial charge in [-0.25, -0.2) is 8.98 Å². The minimum Gasteiger partial charge on any atom is -1.00 e. The van der Waals surface area contributed by atoms with Gasteiger partial charge in [0.25, 0.3) is 0 Å². The summed E-state index contributed by atoms with van der Waals surface area (Å²) in [5.41, 5.74) is 0.0187. The Morgan fingerprint density at radius 1 is 1.00 bits per heavy atom. The van der Waals surface area contributed by atoms with Gasteiger partial charge >= 0.3 is 35.2 Å².